The number of ether oxygens (including phenoxy) is 4. The van der Waals surface area contributed by atoms with Crippen molar-refractivity contribution in [3.8, 4) is 17.2 Å². The van der Waals surface area contributed by atoms with Gasteiger partial charge in [0.25, 0.3) is 0 Å². The van der Waals surface area contributed by atoms with Crippen molar-refractivity contribution in [2.45, 2.75) is 56.7 Å². The van der Waals surface area contributed by atoms with Gasteiger partial charge in [0.15, 0.2) is 6.61 Å². The summed E-state index contributed by atoms with van der Waals surface area (Å²) in [5.74, 6) is 0.263. The molecule has 11 nitrogen and oxygen atoms in total. The highest BCUT2D eigenvalue weighted by Gasteiger charge is 2.46. The molecule has 0 spiro atoms. The van der Waals surface area contributed by atoms with Crippen LogP contribution >= 0.6 is 0 Å². The highest BCUT2D eigenvalue weighted by molar-refractivity contribution is 7.89. The third-order valence-corrected chi connectivity index (χ3v) is 12.2. The van der Waals surface area contributed by atoms with Crippen molar-refractivity contribution in [2.75, 3.05) is 32.8 Å². The Hall–Kier alpha value is -4.39. The topological polar surface area (TPSA) is 132 Å². The first-order chi connectivity index (χ1) is 24.1. The number of carboxylic acids is 1. The van der Waals surface area contributed by atoms with Crippen molar-refractivity contribution in [1.82, 2.24) is 9.21 Å². The van der Waals surface area contributed by atoms with Crippen molar-refractivity contribution >= 4 is 22.1 Å². The second-order valence-electron chi connectivity index (χ2n) is 13.3. The summed E-state index contributed by atoms with van der Waals surface area (Å²) in [5.41, 5.74) is 2.43. The molecule has 3 aromatic carbocycles. The number of carbonyl (C=O) groups is 2. The molecule has 3 aromatic rings. The second kappa shape index (κ2) is 15.7. The summed E-state index contributed by atoms with van der Waals surface area (Å²) in [6.07, 6.45) is 0.713. The van der Waals surface area contributed by atoms with Crippen molar-refractivity contribution in [2.24, 2.45) is 11.8 Å². The summed E-state index contributed by atoms with van der Waals surface area (Å²) >= 11 is 0. The normalized spacial score (nSPS) is 23.0. The van der Waals surface area contributed by atoms with E-state index < -0.39 is 40.0 Å². The van der Waals surface area contributed by atoms with Gasteiger partial charge < -0.3 is 29.0 Å². The fourth-order valence-corrected chi connectivity index (χ4v) is 9.15. The van der Waals surface area contributed by atoms with E-state index >= 15 is 0 Å². The maximum absolute atomic E-state index is 13.9. The highest BCUT2D eigenvalue weighted by Crippen LogP contribution is 2.48. The average molecular weight is 705 g/mol. The lowest BCUT2D eigenvalue weighted by molar-refractivity contribution is -0.139. The number of hydrogen-bond acceptors (Lipinski definition) is 8. The largest absolute Gasteiger partial charge is 0.482 e. The van der Waals surface area contributed by atoms with Crippen LogP contribution in [-0.2, 0) is 30.9 Å². The number of hydrogen-bond donors (Lipinski definition) is 1. The fourth-order valence-electron chi connectivity index (χ4n) is 7.16. The van der Waals surface area contributed by atoms with Gasteiger partial charge in [-0.2, -0.15) is 0 Å². The Bertz CT molecular complexity index is 1760. The molecule has 0 saturated carbocycles. The van der Waals surface area contributed by atoms with Gasteiger partial charge in [0.2, 0.25) is 10.0 Å². The lowest BCUT2D eigenvalue weighted by Gasteiger charge is -2.47. The van der Waals surface area contributed by atoms with Crippen LogP contribution in [-0.4, -0.2) is 78.9 Å². The first kappa shape index (κ1) is 35.4. The van der Waals surface area contributed by atoms with Gasteiger partial charge in [-0.3, -0.25) is 0 Å². The number of carbonyl (C=O) groups excluding carboxylic acids is 1. The molecule has 3 fully saturated rings. The van der Waals surface area contributed by atoms with Gasteiger partial charge in [0.05, 0.1) is 17.5 Å². The number of benzene rings is 3. The summed E-state index contributed by atoms with van der Waals surface area (Å²) < 4.78 is 53.5. The van der Waals surface area contributed by atoms with E-state index in [1.807, 2.05) is 73.7 Å². The minimum Gasteiger partial charge on any atom is -0.482 e. The Morgan fingerprint density at radius 2 is 1.64 bits per heavy atom. The smallest absolute Gasteiger partial charge is 0.410 e. The molecule has 0 unspecified atom stereocenters. The molecule has 12 heteroatoms. The van der Waals surface area contributed by atoms with Crippen LogP contribution in [0.15, 0.2) is 91.0 Å². The third kappa shape index (κ3) is 8.31. The van der Waals surface area contributed by atoms with E-state index in [0.717, 1.165) is 11.1 Å². The van der Waals surface area contributed by atoms with Gasteiger partial charge in [-0.25, -0.2) is 22.3 Å². The highest BCUT2D eigenvalue weighted by atomic mass is 32.2. The third-order valence-electron chi connectivity index (χ3n) is 9.81. The molecule has 0 radical (unpaired) electrons. The predicted octanol–water partition coefficient (Wildman–Crippen LogP) is 6.42. The number of piperidine rings is 2. The van der Waals surface area contributed by atoms with Crippen LogP contribution in [0.25, 0.3) is 0 Å². The number of rotatable bonds is 11. The number of sulfonamides is 1. The number of likely N-dealkylation sites (tertiary alicyclic amines) is 1. The van der Waals surface area contributed by atoms with Crippen LogP contribution < -0.4 is 9.47 Å². The zero-order valence-corrected chi connectivity index (χ0v) is 29.0. The van der Waals surface area contributed by atoms with Gasteiger partial charge in [-0.05, 0) is 74.4 Å². The van der Waals surface area contributed by atoms with Gasteiger partial charge in [-0.15, -0.1) is 0 Å². The zero-order valence-electron chi connectivity index (χ0n) is 28.2. The molecule has 3 saturated heterocycles. The number of amides is 1. The summed E-state index contributed by atoms with van der Waals surface area (Å²) in [6.45, 7) is 7.15. The Kier molecular flexibility index (Phi) is 11.1. The molecule has 3 aliphatic heterocycles. The minimum absolute atomic E-state index is 0.0586. The lowest BCUT2D eigenvalue weighted by Crippen LogP contribution is -2.54. The Labute approximate surface area is 293 Å². The van der Waals surface area contributed by atoms with Crippen molar-refractivity contribution in [1.29, 1.82) is 0 Å². The molecular weight excluding hydrogens is 660 g/mol. The summed E-state index contributed by atoms with van der Waals surface area (Å²) in [5, 5.41) is 8.76. The molecule has 3 heterocycles. The van der Waals surface area contributed by atoms with Crippen molar-refractivity contribution in [3.63, 3.8) is 0 Å². The minimum atomic E-state index is -3.62. The van der Waals surface area contributed by atoms with Crippen molar-refractivity contribution in [3.05, 3.63) is 102 Å². The van der Waals surface area contributed by atoms with Gasteiger partial charge in [0, 0.05) is 37.7 Å². The Balaban J connectivity index is 1.12. The number of aliphatic carboxylic acids is 1. The van der Waals surface area contributed by atoms with Crippen molar-refractivity contribution < 1.29 is 42.1 Å². The molecule has 0 aromatic heterocycles. The van der Waals surface area contributed by atoms with Gasteiger partial charge >= 0.3 is 12.1 Å². The molecule has 1 N–H and O–H groups in total. The van der Waals surface area contributed by atoms with E-state index in [0.29, 0.717) is 74.7 Å². The molecule has 50 heavy (non-hydrogen) atoms. The first-order valence-corrected chi connectivity index (χ1v) is 18.6. The molecule has 4 atom stereocenters. The Morgan fingerprint density at radius 3 is 2.32 bits per heavy atom. The van der Waals surface area contributed by atoms with Crippen LogP contribution in [0.1, 0.15) is 49.8 Å². The first-order valence-electron chi connectivity index (χ1n) is 17.1. The van der Waals surface area contributed by atoms with Crippen LogP contribution in [0.3, 0.4) is 0 Å². The number of nitrogens with zero attached hydrogens (tertiary/aromatic N) is 2. The van der Waals surface area contributed by atoms with E-state index in [1.165, 1.54) is 0 Å². The summed E-state index contributed by atoms with van der Waals surface area (Å²) in [6, 6.07) is 24.1. The molecule has 0 bridgehead atoms. The van der Waals surface area contributed by atoms with Crippen LogP contribution in [0.2, 0.25) is 0 Å². The van der Waals surface area contributed by atoms with E-state index in [-0.39, 0.29) is 24.5 Å². The maximum Gasteiger partial charge on any atom is 0.410 e. The molecular formula is C38H44N2O9S. The monoisotopic (exact) mass is 704 g/mol. The van der Waals surface area contributed by atoms with E-state index in [4.69, 9.17) is 18.9 Å². The van der Waals surface area contributed by atoms with Gasteiger partial charge in [-0.1, -0.05) is 60.7 Å². The molecule has 6 rings (SSSR count). The second-order valence-corrected chi connectivity index (χ2v) is 15.5. The van der Waals surface area contributed by atoms with E-state index in [9.17, 15) is 23.1 Å². The standard InChI is InChI=1S/C38H44N2O9S/c1-26(2)32-21-28-23-40(50(44,45)31-15-18-39(19-16-31)38(43)47-24-27-9-5-3-6-10-27)20-17-34(28)49-37(32)33-22-30(48-29-11-7-4-8-12-29)13-14-35(33)46-25-36(41)42/h3-14,22,28,31-32,34,37H,1,15-21,23-25H2,2H3,(H,41,42)/t28-,32+,34-,37-/m1/s1. The Morgan fingerprint density at radius 1 is 0.940 bits per heavy atom. The quantitative estimate of drug-likeness (QED) is 0.225. The molecule has 3 aliphatic rings. The van der Waals surface area contributed by atoms with Crippen LogP contribution in [0, 0.1) is 11.8 Å². The van der Waals surface area contributed by atoms with E-state index in [1.54, 1.807) is 21.3 Å². The number of para-hydroxylation sites is 1. The van der Waals surface area contributed by atoms with E-state index in [2.05, 4.69) is 6.58 Å². The number of carboxylic acid groups (broad SMARTS) is 1. The SMILES string of the molecule is C=C(C)[C@@H]1C[C@@H]2CN(S(=O)(=O)C3CCN(C(=O)OCc4ccccc4)CC3)CC[C@H]2O[C@H]1c1cc(Oc2ccccc2)ccc1OCC(=O)O. The summed E-state index contributed by atoms with van der Waals surface area (Å²) in [7, 11) is -3.62. The average Bonchev–Trinajstić information content (AvgIpc) is 3.13. The lowest BCUT2D eigenvalue weighted by atomic mass is 9.76. The zero-order chi connectivity index (χ0) is 35.3. The van der Waals surface area contributed by atoms with Gasteiger partial charge in [0.1, 0.15) is 23.9 Å². The maximum atomic E-state index is 13.9. The molecule has 1 amide bonds. The van der Waals surface area contributed by atoms with Crippen LogP contribution in [0.5, 0.6) is 17.2 Å². The van der Waals surface area contributed by atoms with Crippen LogP contribution in [0.4, 0.5) is 4.79 Å². The summed E-state index contributed by atoms with van der Waals surface area (Å²) in [4.78, 5) is 25.7. The predicted molar refractivity (Wildman–Crippen MR) is 186 cm³/mol. The number of fused-ring (bicyclic) bond motifs is 1. The fraction of sp³-hybridized carbons (Fsp3) is 0.421. The molecule has 0 aliphatic carbocycles. The molecule has 266 valence electrons.